The molecule has 5 aromatic rings. The molecule has 2 fully saturated rings. The van der Waals surface area contributed by atoms with Crippen molar-refractivity contribution in [2.24, 2.45) is 0 Å². The van der Waals surface area contributed by atoms with Gasteiger partial charge in [0.1, 0.15) is 0 Å². The number of carbonyl (C=O) groups is 1. The molecule has 1 amide bonds. The van der Waals surface area contributed by atoms with Gasteiger partial charge in [0, 0.05) is 52.7 Å². The highest BCUT2D eigenvalue weighted by atomic mass is 16.1. The molecule has 2 aliphatic heterocycles. The van der Waals surface area contributed by atoms with Crippen molar-refractivity contribution in [3.8, 4) is 11.3 Å². The Morgan fingerprint density at radius 1 is 0.833 bits per heavy atom. The first kappa shape index (κ1) is 26.9. The second-order valence-corrected chi connectivity index (χ2v) is 11.8. The lowest BCUT2D eigenvalue weighted by atomic mass is 9.94. The van der Waals surface area contributed by atoms with Crippen LogP contribution >= 0.6 is 0 Å². The number of fused-ring (bicyclic) bond motifs is 2. The van der Waals surface area contributed by atoms with E-state index in [2.05, 4.69) is 56.5 Å². The molecule has 0 spiro atoms. The summed E-state index contributed by atoms with van der Waals surface area (Å²) in [7, 11) is 0. The third-order valence-electron chi connectivity index (χ3n) is 9.23. The number of H-pyrrole nitrogens is 1. The molecule has 0 atom stereocenters. The highest BCUT2D eigenvalue weighted by Crippen LogP contribution is 2.33. The zero-order valence-corrected chi connectivity index (χ0v) is 24.2. The van der Waals surface area contributed by atoms with Gasteiger partial charge in [-0.3, -0.25) is 9.69 Å². The second kappa shape index (κ2) is 12.1. The van der Waals surface area contributed by atoms with Crippen LogP contribution in [0.3, 0.4) is 0 Å². The number of nitrogens with one attached hydrogen (secondary N) is 2. The number of para-hydroxylation sites is 2. The van der Waals surface area contributed by atoms with Crippen molar-refractivity contribution in [1.82, 2.24) is 25.1 Å². The molecule has 7 rings (SSSR count). The van der Waals surface area contributed by atoms with Gasteiger partial charge in [-0.1, -0.05) is 73.2 Å². The Kier molecular flexibility index (Phi) is 7.73. The minimum atomic E-state index is -0.0470. The number of hydrogen-bond donors (Lipinski definition) is 2. The molecule has 2 N–H and O–H groups in total. The molecule has 2 aliphatic rings. The van der Waals surface area contributed by atoms with Gasteiger partial charge in [-0.15, -0.1) is 0 Å². The van der Waals surface area contributed by atoms with Crippen molar-refractivity contribution in [3.05, 3.63) is 102 Å². The largest absolute Gasteiger partial charge is 0.361 e. The molecule has 6 heteroatoms. The molecule has 0 bridgehead atoms. The van der Waals surface area contributed by atoms with E-state index in [-0.39, 0.29) is 5.91 Å². The summed E-state index contributed by atoms with van der Waals surface area (Å²) in [5.41, 5.74) is 6.74. The van der Waals surface area contributed by atoms with Gasteiger partial charge >= 0.3 is 0 Å². The topological polar surface area (TPSA) is 64.3 Å². The summed E-state index contributed by atoms with van der Waals surface area (Å²) in [5.74, 6) is -0.0470. The summed E-state index contributed by atoms with van der Waals surface area (Å²) in [5, 5.41) is 5.33. The predicted octanol–water partition coefficient (Wildman–Crippen LogP) is 6.76. The Morgan fingerprint density at radius 2 is 1.55 bits per heavy atom. The number of aromatic amines is 1. The van der Waals surface area contributed by atoms with Gasteiger partial charge in [-0.2, -0.15) is 0 Å². The average Bonchev–Trinajstić information content (AvgIpc) is 3.47. The minimum Gasteiger partial charge on any atom is -0.361 e. The molecule has 0 saturated carbocycles. The van der Waals surface area contributed by atoms with E-state index in [1.807, 2.05) is 48.7 Å². The maximum atomic E-state index is 14.2. The maximum absolute atomic E-state index is 14.2. The molecule has 4 heterocycles. The lowest BCUT2D eigenvalue weighted by molar-refractivity contribution is 0.0886. The van der Waals surface area contributed by atoms with Gasteiger partial charge in [-0.25, -0.2) is 4.98 Å². The van der Waals surface area contributed by atoms with Crippen LogP contribution in [-0.2, 0) is 13.1 Å². The fraction of sp³-hybridized carbons (Fsp3) is 0.333. The fourth-order valence-electron chi connectivity index (χ4n) is 6.99. The SMILES string of the molecule is O=C(NCc1c[nH]c2ccccc12)c1c(CN2CCC(N3CCCCC3)CC2)c(-c2ccccc2)nc2ccccc12. The van der Waals surface area contributed by atoms with E-state index in [1.54, 1.807) is 0 Å². The summed E-state index contributed by atoms with van der Waals surface area (Å²) in [6, 6.07) is 27.3. The van der Waals surface area contributed by atoms with Gasteiger partial charge in [0.2, 0.25) is 0 Å². The van der Waals surface area contributed by atoms with Crippen LogP contribution in [0.4, 0.5) is 0 Å². The normalized spacial score (nSPS) is 17.1. The molecular weight excluding hydrogens is 518 g/mol. The smallest absolute Gasteiger partial charge is 0.252 e. The van der Waals surface area contributed by atoms with Gasteiger partial charge in [-0.05, 0) is 69.6 Å². The standard InChI is InChI=1S/C36H39N5O/c42-36(38-24-27-23-37-32-15-7-5-13-29(27)32)34-30-14-6-8-16-33(30)39-35(26-11-3-1-4-12-26)31(34)25-40-21-17-28(18-22-40)41-19-9-2-10-20-41/h1,3-8,11-16,23,28,37H,2,9-10,17-22,24-25H2,(H,38,42). The molecule has 214 valence electrons. The van der Waals surface area contributed by atoms with Crippen molar-refractivity contribution in [2.75, 3.05) is 26.2 Å². The number of amides is 1. The van der Waals surface area contributed by atoms with Gasteiger partial charge < -0.3 is 15.2 Å². The summed E-state index contributed by atoms with van der Waals surface area (Å²) < 4.78 is 0. The molecular formula is C36H39N5O. The zero-order chi connectivity index (χ0) is 28.3. The van der Waals surface area contributed by atoms with E-state index in [0.29, 0.717) is 19.1 Å². The number of benzene rings is 3. The van der Waals surface area contributed by atoms with E-state index in [1.165, 1.54) is 45.2 Å². The number of hydrogen-bond acceptors (Lipinski definition) is 4. The van der Waals surface area contributed by atoms with Crippen LogP contribution in [0.25, 0.3) is 33.1 Å². The van der Waals surface area contributed by atoms with Crippen LogP contribution in [0.5, 0.6) is 0 Å². The molecule has 0 unspecified atom stereocenters. The van der Waals surface area contributed by atoms with Crippen molar-refractivity contribution in [2.45, 2.75) is 51.2 Å². The fourth-order valence-corrected chi connectivity index (χ4v) is 6.99. The Labute approximate surface area is 247 Å². The maximum Gasteiger partial charge on any atom is 0.252 e. The van der Waals surface area contributed by atoms with E-state index in [9.17, 15) is 4.79 Å². The summed E-state index contributed by atoms with van der Waals surface area (Å²) in [4.78, 5) is 28.0. The zero-order valence-electron chi connectivity index (χ0n) is 24.2. The molecule has 3 aromatic carbocycles. The number of piperidine rings is 2. The Bertz CT molecular complexity index is 1680. The van der Waals surface area contributed by atoms with Gasteiger partial charge in [0.25, 0.3) is 5.91 Å². The van der Waals surface area contributed by atoms with Crippen molar-refractivity contribution >= 4 is 27.7 Å². The third-order valence-corrected chi connectivity index (χ3v) is 9.23. The van der Waals surface area contributed by atoms with Gasteiger partial charge in [0.05, 0.1) is 16.8 Å². The Morgan fingerprint density at radius 3 is 2.36 bits per heavy atom. The summed E-state index contributed by atoms with van der Waals surface area (Å²) in [6.07, 6.45) is 8.41. The molecule has 6 nitrogen and oxygen atoms in total. The number of likely N-dealkylation sites (tertiary alicyclic amines) is 2. The number of rotatable bonds is 7. The number of carbonyl (C=O) groups excluding carboxylic acids is 1. The van der Waals surface area contributed by atoms with Crippen LogP contribution in [0, 0.1) is 0 Å². The Hall–Kier alpha value is -4.00. The first-order chi connectivity index (χ1) is 20.7. The highest BCUT2D eigenvalue weighted by Gasteiger charge is 2.28. The van der Waals surface area contributed by atoms with E-state index >= 15 is 0 Å². The first-order valence-electron chi connectivity index (χ1n) is 15.5. The predicted molar refractivity (Wildman–Crippen MR) is 170 cm³/mol. The van der Waals surface area contributed by atoms with Crippen LogP contribution < -0.4 is 5.32 Å². The van der Waals surface area contributed by atoms with E-state index in [0.717, 1.165) is 62.8 Å². The Balaban J connectivity index is 1.22. The highest BCUT2D eigenvalue weighted by molar-refractivity contribution is 6.09. The first-order valence-corrected chi connectivity index (χ1v) is 15.5. The van der Waals surface area contributed by atoms with E-state index < -0.39 is 0 Å². The molecule has 2 aromatic heterocycles. The van der Waals surface area contributed by atoms with Crippen LogP contribution in [0.2, 0.25) is 0 Å². The second-order valence-electron chi connectivity index (χ2n) is 11.8. The number of aromatic nitrogens is 2. The lowest BCUT2D eigenvalue weighted by Gasteiger charge is -2.40. The van der Waals surface area contributed by atoms with Gasteiger partial charge in [0.15, 0.2) is 0 Å². The molecule has 42 heavy (non-hydrogen) atoms. The number of pyridine rings is 1. The molecule has 2 saturated heterocycles. The van der Waals surface area contributed by atoms with Crippen LogP contribution in [0.15, 0.2) is 85.1 Å². The summed E-state index contributed by atoms with van der Waals surface area (Å²) in [6.45, 7) is 5.75. The van der Waals surface area contributed by atoms with Crippen LogP contribution in [-0.4, -0.2) is 57.9 Å². The quantitative estimate of drug-likeness (QED) is 0.232. The van der Waals surface area contributed by atoms with Crippen molar-refractivity contribution < 1.29 is 4.79 Å². The average molecular weight is 558 g/mol. The summed E-state index contributed by atoms with van der Waals surface area (Å²) >= 11 is 0. The molecule has 0 aliphatic carbocycles. The van der Waals surface area contributed by atoms with E-state index in [4.69, 9.17) is 4.98 Å². The van der Waals surface area contributed by atoms with Crippen molar-refractivity contribution in [3.63, 3.8) is 0 Å². The van der Waals surface area contributed by atoms with Crippen molar-refractivity contribution in [1.29, 1.82) is 0 Å². The van der Waals surface area contributed by atoms with Crippen LogP contribution in [0.1, 0.15) is 53.6 Å². The number of nitrogens with zero attached hydrogens (tertiary/aromatic N) is 3. The lowest BCUT2D eigenvalue weighted by Crippen LogP contribution is -2.46. The third kappa shape index (κ3) is 5.44. The molecule has 0 radical (unpaired) electrons. The minimum absolute atomic E-state index is 0.0470. The monoisotopic (exact) mass is 557 g/mol.